The maximum Gasteiger partial charge on any atom is 0.267 e. The second-order valence-electron chi connectivity index (χ2n) is 4.70. The largest absolute Gasteiger partial charge is 0.478 e. The zero-order chi connectivity index (χ0) is 14.0. The van der Waals surface area contributed by atoms with E-state index in [-0.39, 0.29) is 11.9 Å². The lowest BCUT2D eigenvalue weighted by molar-refractivity contribution is -0.126. The number of ether oxygens (including phenoxy) is 2. The molecule has 1 aliphatic rings. The number of carbonyl (C=O) groups excluding carboxylic acids is 1. The molecule has 1 aliphatic heterocycles. The van der Waals surface area contributed by atoms with Crippen molar-refractivity contribution in [3.8, 4) is 5.75 Å². The van der Waals surface area contributed by atoms with E-state index < -0.39 is 6.10 Å². The summed E-state index contributed by atoms with van der Waals surface area (Å²) >= 11 is 0. The summed E-state index contributed by atoms with van der Waals surface area (Å²) in [6.07, 6.45) is 0.268. The SMILES string of the molecule is CCC1Oc2ccc(C(N)COC)cc2N(C)C1=O. The number of hydrogen-bond acceptors (Lipinski definition) is 4. The molecule has 19 heavy (non-hydrogen) atoms. The molecule has 2 atom stereocenters. The molecule has 0 aromatic heterocycles. The monoisotopic (exact) mass is 264 g/mol. The van der Waals surface area contributed by atoms with Crippen LogP contribution in [-0.4, -0.2) is 32.8 Å². The average Bonchev–Trinajstić information content (AvgIpc) is 2.42. The van der Waals surface area contributed by atoms with E-state index in [0.717, 1.165) is 17.0 Å². The first-order chi connectivity index (χ1) is 9.08. The first kappa shape index (κ1) is 13.8. The van der Waals surface area contributed by atoms with Crippen molar-refractivity contribution in [2.75, 3.05) is 25.7 Å². The summed E-state index contributed by atoms with van der Waals surface area (Å²) in [4.78, 5) is 13.7. The lowest BCUT2D eigenvalue weighted by Gasteiger charge is -2.32. The van der Waals surface area contributed by atoms with Gasteiger partial charge in [0.2, 0.25) is 0 Å². The fraction of sp³-hybridized carbons (Fsp3) is 0.500. The van der Waals surface area contributed by atoms with Crippen molar-refractivity contribution in [1.29, 1.82) is 0 Å². The molecule has 1 amide bonds. The molecule has 5 nitrogen and oxygen atoms in total. The molecule has 0 aliphatic carbocycles. The number of likely N-dealkylation sites (N-methyl/N-ethyl adjacent to an activating group) is 1. The van der Waals surface area contributed by atoms with Crippen molar-refractivity contribution in [3.05, 3.63) is 23.8 Å². The second kappa shape index (κ2) is 5.59. The van der Waals surface area contributed by atoms with Crippen LogP contribution in [0.2, 0.25) is 0 Å². The van der Waals surface area contributed by atoms with Crippen LogP contribution < -0.4 is 15.4 Å². The Hall–Kier alpha value is -1.59. The number of rotatable bonds is 4. The zero-order valence-electron chi connectivity index (χ0n) is 11.6. The number of hydrogen-bond donors (Lipinski definition) is 1. The Labute approximate surface area is 113 Å². The highest BCUT2D eigenvalue weighted by Gasteiger charge is 2.31. The van der Waals surface area contributed by atoms with Gasteiger partial charge in [-0.1, -0.05) is 13.0 Å². The molecular formula is C14H20N2O3. The van der Waals surface area contributed by atoms with E-state index in [1.165, 1.54) is 0 Å². The van der Waals surface area contributed by atoms with E-state index in [9.17, 15) is 4.79 Å². The summed E-state index contributed by atoms with van der Waals surface area (Å²) in [5, 5.41) is 0. The number of benzene rings is 1. The van der Waals surface area contributed by atoms with Crippen LogP contribution >= 0.6 is 0 Å². The van der Waals surface area contributed by atoms with Gasteiger partial charge in [-0.25, -0.2) is 0 Å². The van der Waals surface area contributed by atoms with Crippen LogP contribution in [0, 0.1) is 0 Å². The average molecular weight is 264 g/mol. The van der Waals surface area contributed by atoms with E-state index >= 15 is 0 Å². The Morgan fingerprint density at radius 1 is 1.53 bits per heavy atom. The molecule has 0 fully saturated rings. The van der Waals surface area contributed by atoms with E-state index in [4.69, 9.17) is 15.2 Å². The predicted molar refractivity (Wildman–Crippen MR) is 73.4 cm³/mol. The van der Waals surface area contributed by atoms with Crippen LogP contribution in [0.1, 0.15) is 24.9 Å². The summed E-state index contributed by atoms with van der Waals surface area (Å²) in [5.41, 5.74) is 7.70. The van der Waals surface area contributed by atoms with Crippen molar-refractivity contribution < 1.29 is 14.3 Å². The summed E-state index contributed by atoms with van der Waals surface area (Å²) < 4.78 is 10.7. The van der Waals surface area contributed by atoms with Crippen LogP contribution in [-0.2, 0) is 9.53 Å². The molecular weight excluding hydrogens is 244 g/mol. The Morgan fingerprint density at radius 2 is 2.26 bits per heavy atom. The second-order valence-corrected chi connectivity index (χ2v) is 4.70. The van der Waals surface area contributed by atoms with Gasteiger partial charge in [0.25, 0.3) is 5.91 Å². The predicted octanol–water partition coefficient (Wildman–Crippen LogP) is 1.47. The molecule has 0 saturated heterocycles. The lowest BCUT2D eigenvalue weighted by atomic mass is 10.0. The number of methoxy groups -OCH3 is 1. The third-order valence-electron chi connectivity index (χ3n) is 3.36. The Bertz CT molecular complexity index is 476. The maximum atomic E-state index is 12.1. The Morgan fingerprint density at radius 3 is 2.89 bits per heavy atom. The lowest BCUT2D eigenvalue weighted by Crippen LogP contribution is -2.43. The molecule has 0 saturated carbocycles. The van der Waals surface area contributed by atoms with Crippen LogP contribution in [0.4, 0.5) is 5.69 Å². The van der Waals surface area contributed by atoms with Crippen LogP contribution in [0.3, 0.4) is 0 Å². The minimum Gasteiger partial charge on any atom is -0.478 e. The summed E-state index contributed by atoms with van der Waals surface area (Å²) in [6.45, 7) is 2.37. The van der Waals surface area contributed by atoms with Crippen molar-refractivity contribution >= 4 is 11.6 Å². The molecule has 0 bridgehead atoms. The highest BCUT2D eigenvalue weighted by atomic mass is 16.5. The van der Waals surface area contributed by atoms with Gasteiger partial charge in [-0.05, 0) is 24.1 Å². The zero-order valence-corrected chi connectivity index (χ0v) is 11.6. The van der Waals surface area contributed by atoms with Crippen molar-refractivity contribution in [3.63, 3.8) is 0 Å². The quantitative estimate of drug-likeness (QED) is 0.894. The highest BCUT2D eigenvalue weighted by Crippen LogP contribution is 2.35. The summed E-state index contributed by atoms with van der Waals surface area (Å²) in [6, 6.07) is 5.47. The number of amides is 1. The molecule has 1 aromatic carbocycles. The molecule has 1 heterocycles. The maximum absolute atomic E-state index is 12.1. The minimum atomic E-state index is -0.393. The highest BCUT2D eigenvalue weighted by molar-refractivity contribution is 5.99. The van der Waals surface area contributed by atoms with Crippen molar-refractivity contribution in [2.45, 2.75) is 25.5 Å². The van der Waals surface area contributed by atoms with Gasteiger partial charge in [-0.3, -0.25) is 4.79 Å². The Balaban J connectivity index is 2.33. The number of nitrogens with two attached hydrogens (primary N) is 1. The smallest absolute Gasteiger partial charge is 0.267 e. The molecule has 5 heteroatoms. The van der Waals surface area contributed by atoms with E-state index in [2.05, 4.69) is 0 Å². The van der Waals surface area contributed by atoms with Crippen LogP contribution in [0.15, 0.2) is 18.2 Å². The Kier molecular flexibility index (Phi) is 4.07. The summed E-state index contributed by atoms with van der Waals surface area (Å²) in [7, 11) is 3.38. The molecule has 1 aromatic rings. The molecule has 2 unspecified atom stereocenters. The fourth-order valence-electron chi connectivity index (χ4n) is 2.20. The van der Waals surface area contributed by atoms with Gasteiger partial charge in [0.05, 0.1) is 18.3 Å². The van der Waals surface area contributed by atoms with Crippen LogP contribution in [0.25, 0.3) is 0 Å². The van der Waals surface area contributed by atoms with Gasteiger partial charge >= 0.3 is 0 Å². The van der Waals surface area contributed by atoms with Crippen LogP contribution in [0.5, 0.6) is 5.75 Å². The van der Waals surface area contributed by atoms with Gasteiger partial charge in [0.15, 0.2) is 6.10 Å². The molecule has 0 spiro atoms. The fourth-order valence-corrected chi connectivity index (χ4v) is 2.20. The standard InChI is InChI=1S/C14H20N2O3/c1-4-12-14(17)16(2)11-7-9(10(15)8-18-3)5-6-13(11)19-12/h5-7,10,12H,4,8,15H2,1-3H3. The minimum absolute atomic E-state index is 0.0209. The van der Waals surface area contributed by atoms with E-state index in [1.54, 1.807) is 19.1 Å². The van der Waals surface area contributed by atoms with Gasteiger partial charge in [-0.15, -0.1) is 0 Å². The van der Waals surface area contributed by atoms with Gasteiger partial charge in [0, 0.05) is 14.2 Å². The third kappa shape index (κ3) is 2.57. The molecule has 104 valence electrons. The molecule has 2 N–H and O–H groups in total. The van der Waals surface area contributed by atoms with E-state index in [1.807, 2.05) is 25.1 Å². The topological polar surface area (TPSA) is 64.8 Å². The summed E-state index contributed by atoms with van der Waals surface area (Å²) in [5.74, 6) is 0.703. The normalized spacial score (nSPS) is 19.9. The number of carbonyl (C=O) groups is 1. The number of anilines is 1. The first-order valence-electron chi connectivity index (χ1n) is 6.41. The number of fused-ring (bicyclic) bond motifs is 1. The van der Waals surface area contributed by atoms with Crippen molar-refractivity contribution in [1.82, 2.24) is 0 Å². The number of nitrogens with zero attached hydrogens (tertiary/aromatic N) is 1. The first-order valence-corrected chi connectivity index (χ1v) is 6.41. The van der Waals surface area contributed by atoms with Gasteiger partial charge < -0.3 is 20.1 Å². The van der Waals surface area contributed by atoms with Gasteiger partial charge in [-0.2, -0.15) is 0 Å². The van der Waals surface area contributed by atoms with E-state index in [0.29, 0.717) is 13.0 Å². The van der Waals surface area contributed by atoms with Gasteiger partial charge in [0.1, 0.15) is 5.75 Å². The molecule has 0 radical (unpaired) electrons. The third-order valence-corrected chi connectivity index (χ3v) is 3.36. The molecule has 2 rings (SSSR count). The van der Waals surface area contributed by atoms with Crippen molar-refractivity contribution in [2.24, 2.45) is 5.73 Å².